The van der Waals surface area contributed by atoms with Crippen molar-refractivity contribution in [3.8, 4) is 34.9 Å². The maximum atomic E-state index is 17.1. The number of ether oxygens (including phenoxy) is 2. The Kier molecular flexibility index (Phi) is 10.2. The Morgan fingerprint density at radius 3 is 1.56 bits per heavy atom. The third kappa shape index (κ3) is 8.02. The highest BCUT2D eigenvalue weighted by atomic mass is 31.2. The van der Waals surface area contributed by atoms with Crippen LogP contribution in [-0.2, 0) is 23.1 Å². The largest absolute Gasteiger partial charge is 0.424 e. The maximum Gasteiger partial charge on any atom is 0.417 e. The Bertz CT molecular complexity index is 2360. The van der Waals surface area contributed by atoms with Crippen LogP contribution in [0.15, 0.2) is 109 Å². The van der Waals surface area contributed by atoms with Gasteiger partial charge in [0, 0.05) is 10.6 Å². The van der Waals surface area contributed by atoms with Gasteiger partial charge in [0.15, 0.2) is 13.0 Å². The van der Waals surface area contributed by atoms with Gasteiger partial charge in [0.1, 0.15) is 23.1 Å². The van der Waals surface area contributed by atoms with Crippen LogP contribution in [0.1, 0.15) is 22.3 Å². The molecule has 1 aromatic heterocycles. The Hall–Kier alpha value is -5.83. The minimum atomic E-state index is -5.94. The molecule has 1 atom stereocenters. The van der Waals surface area contributed by atoms with E-state index < -0.39 is 98.9 Å². The van der Waals surface area contributed by atoms with E-state index in [1.54, 1.807) is 36.4 Å². The van der Waals surface area contributed by atoms with Crippen molar-refractivity contribution in [3.63, 3.8) is 0 Å². The summed E-state index contributed by atoms with van der Waals surface area (Å²) >= 11 is 0. The highest BCUT2D eigenvalue weighted by molar-refractivity contribution is 7.85. The normalized spacial score (nSPS) is 13.3. The zero-order valence-corrected chi connectivity index (χ0v) is 28.5. The Morgan fingerprint density at radius 1 is 0.564 bits per heavy atom. The summed E-state index contributed by atoms with van der Waals surface area (Å²) in [6.45, 7) is 0.851. The summed E-state index contributed by atoms with van der Waals surface area (Å²) < 4.78 is 187. The minimum absolute atomic E-state index is 0.0206. The monoisotopic (exact) mass is 795 g/mol. The van der Waals surface area contributed by atoms with E-state index in [2.05, 4.69) is 15.0 Å². The van der Waals surface area contributed by atoms with Crippen LogP contribution in [0.25, 0.3) is 11.4 Å². The molecule has 18 heteroatoms. The lowest BCUT2D eigenvalue weighted by Crippen LogP contribution is -2.35. The highest BCUT2D eigenvalue weighted by Gasteiger charge is 2.47. The number of nitrogens with zero attached hydrogens (tertiary/aromatic N) is 3. The van der Waals surface area contributed by atoms with E-state index in [-0.39, 0.29) is 35.8 Å². The van der Waals surface area contributed by atoms with E-state index >= 15 is 13.3 Å². The first kappa shape index (κ1) is 38.9. The number of para-hydroxylation sites is 2. The molecule has 0 spiro atoms. The Labute approximate surface area is 303 Å². The van der Waals surface area contributed by atoms with E-state index in [1.165, 1.54) is 24.3 Å². The molecule has 0 amide bonds. The summed E-state index contributed by atoms with van der Waals surface area (Å²) in [5.74, 6) is -4.17. The molecular weight excluding hydrogens is 774 g/mol. The molecule has 1 unspecified atom stereocenters. The van der Waals surface area contributed by atoms with Gasteiger partial charge in [-0.2, -0.15) is 49.5 Å². The van der Waals surface area contributed by atoms with Crippen molar-refractivity contribution in [2.45, 2.75) is 25.5 Å². The van der Waals surface area contributed by atoms with E-state index in [9.17, 15) is 39.5 Å². The second-order valence-corrected chi connectivity index (χ2v) is 14.3. The summed E-state index contributed by atoms with van der Waals surface area (Å²) in [5, 5.41) is -4.46. The van der Waals surface area contributed by atoms with Crippen LogP contribution < -0.4 is 25.4 Å². The number of benzene rings is 5. The van der Waals surface area contributed by atoms with Crippen LogP contribution in [-0.4, -0.2) is 15.0 Å². The predicted molar refractivity (Wildman–Crippen MR) is 177 cm³/mol. The van der Waals surface area contributed by atoms with Crippen molar-refractivity contribution < 1.29 is 62.3 Å². The molecule has 0 radical (unpaired) electrons. The molecule has 0 saturated heterocycles. The SMILES string of the molecule is Cc1cc(C(F)(F)F)ccc1P(=O)(c1cc(C(F)(F)F)ccc1C(F)(F)F)c1c(F)ccc(-c2nc(Oc3ccccc3)nc(Oc3ccccc3)n2)c1F. The molecule has 55 heavy (non-hydrogen) atoms. The molecule has 6 aromatic rings. The fourth-order valence-electron chi connectivity index (χ4n) is 5.50. The summed E-state index contributed by atoms with van der Waals surface area (Å²) in [7, 11) is -5.94. The molecule has 5 aromatic carbocycles. The van der Waals surface area contributed by atoms with Crippen LogP contribution in [0.3, 0.4) is 0 Å². The van der Waals surface area contributed by atoms with Gasteiger partial charge >= 0.3 is 30.5 Å². The average molecular weight is 796 g/mol. The summed E-state index contributed by atoms with van der Waals surface area (Å²) in [6.07, 6.45) is -16.0. The number of rotatable bonds is 8. The van der Waals surface area contributed by atoms with Crippen molar-refractivity contribution in [2.75, 3.05) is 0 Å². The zero-order chi connectivity index (χ0) is 39.9. The minimum Gasteiger partial charge on any atom is -0.424 e. The lowest BCUT2D eigenvalue weighted by molar-refractivity contribution is -0.140. The topological polar surface area (TPSA) is 74.2 Å². The first-order valence-electron chi connectivity index (χ1n) is 15.5. The van der Waals surface area contributed by atoms with Gasteiger partial charge in [-0.1, -0.05) is 36.4 Å². The van der Waals surface area contributed by atoms with Crippen LogP contribution in [0, 0.1) is 18.6 Å². The molecule has 284 valence electrons. The fourth-order valence-corrected chi connectivity index (χ4v) is 8.72. The molecular formula is C37H21F11N3O3P. The number of aryl methyl sites for hydroxylation is 1. The Morgan fingerprint density at radius 2 is 1.07 bits per heavy atom. The van der Waals surface area contributed by atoms with E-state index in [0.29, 0.717) is 24.3 Å². The third-order valence-corrected chi connectivity index (χ3v) is 11.2. The van der Waals surface area contributed by atoms with Crippen LogP contribution in [0.2, 0.25) is 0 Å². The summed E-state index contributed by atoms with van der Waals surface area (Å²) in [4.78, 5) is 12.1. The number of hydrogen-bond donors (Lipinski definition) is 0. The van der Waals surface area contributed by atoms with Crippen LogP contribution in [0.4, 0.5) is 48.3 Å². The molecule has 0 bridgehead atoms. The second-order valence-electron chi connectivity index (χ2n) is 11.6. The van der Waals surface area contributed by atoms with Gasteiger partial charge in [0.2, 0.25) is 0 Å². The van der Waals surface area contributed by atoms with Crippen molar-refractivity contribution in [1.82, 2.24) is 15.0 Å². The standard InChI is InChI=1S/C37H21F11N3O3P/c1-20-18-21(35(40,41)42)13-17-28(20)55(52,29-19-22(36(43,44)45)12-15-26(29)37(46,47)48)31-27(38)16-14-25(30(31)39)32-49-33(53-23-8-4-2-5-9-23)51-34(50-32)54-24-10-6-3-7-11-24/h2-19H,1H3. The Balaban J connectivity index is 1.66. The highest BCUT2D eigenvalue weighted by Crippen LogP contribution is 2.50. The van der Waals surface area contributed by atoms with Gasteiger partial charge in [-0.15, -0.1) is 4.98 Å². The van der Waals surface area contributed by atoms with Gasteiger partial charge in [-0.3, -0.25) is 0 Å². The van der Waals surface area contributed by atoms with Crippen molar-refractivity contribution in [3.05, 3.63) is 143 Å². The lowest BCUT2D eigenvalue weighted by atomic mass is 10.1. The fraction of sp³-hybridized carbons (Fsp3) is 0.108. The van der Waals surface area contributed by atoms with Gasteiger partial charge in [0.25, 0.3) is 0 Å². The molecule has 0 aliphatic carbocycles. The van der Waals surface area contributed by atoms with Gasteiger partial charge in [-0.05, 0) is 85.3 Å². The summed E-state index contributed by atoms with van der Waals surface area (Å²) in [6, 6.07) is 16.4. The molecule has 6 nitrogen and oxygen atoms in total. The first-order valence-corrected chi connectivity index (χ1v) is 17.3. The zero-order valence-electron chi connectivity index (χ0n) is 27.6. The lowest BCUT2D eigenvalue weighted by Gasteiger charge is -2.27. The summed E-state index contributed by atoms with van der Waals surface area (Å²) in [5.41, 5.74) is -6.76. The van der Waals surface area contributed by atoms with Crippen LogP contribution in [0.5, 0.6) is 23.5 Å². The van der Waals surface area contributed by atoms with Crippen LogP contribution >= 0.6 is 7.14 Å². The molecule has 1 heterocycles. The third-order valence-electron chi connectivity index (χ3n) is 7.95. The van der Waals surface area contributed by atoms with E-state index in [1.807, 2.05) is 0 Å². The van der Waals surface area contributed by atoms with E-state index in [0.717, 1.165) is 6.92 Å². The number of hydrogen-bond acceptors (Lipinski definition) is 6. The van der Waals surface area contributed by atoms with Gasteiger partial charge < -0.3 is 14.0 Å². The average Bonchev–Trinajstić information content (AvgIpc) is 3.11. The first-order chi connectivity index (χ1) is 25.8. The molecule has 0 N–H and O–H groups in total. The maximum absolute atomic E-state index is 17.1. The molecule has 0 fully saturated rings. The van der Waals surface area contributed by atoms with Crippen molar-refractivity contribution in [2.24, 2.45) is 0 Å². The quantitative estimate of drug-likeness (QED) is 0.113. The van der Waals surface area contributed by atoms with Crippen molar-refractivity contribution in [1.29, 1.82) is 0 Å². The number of halogens is 11. The van der Waals surface area contributed by atoms with Gasteiger partial charge in [0.05, 0.1) is 27.6 Å². The van der Waals surface area contributed by atoms with Crippen molar-refractivity contribution >= 4 is 23.1 Å². The predicted octanol–water partition coefficient (Wildman–Crippen LogP) is 10.4. The molecule has 0 aliphatic heterocycles. The number of alkyl halides is 9. The number of aromatic nitrogens is 3. The second kappa shape index (κ2) is 14.4. The molecule has 0 saturated carbocycles. The van der Waals surface area contributed by atoms with Gasteiger partial charge in [-0.25, -0.2) is 8.78 Å². The molecule has 0 aliphatic rings. The van der Waals surface area contributed by atoms with E-state index in [4.69, 9.17) is 9.47 Å². The smallest absolute Gasteiger partial charge is 0.417 e. The molecule has 6 rings (SSSR count).